The van der Waals surface area contributed by atoms with E-state index in [4.69, 9.17) is 16.2 Å². The summed E-state index contributed by atoms with van der Waals surface area (Å²) in [7, 11) is 0. The predicted molar refractivity (Wildman–Crippen MR) is 173 cm³/mol. The van der Waals surface area contributed by atoms with Crippen LogP contribution < -0.4 is 11.5 Å². The molecule has 5 N–H and O–H groups in total. The van der Waals surface area contributed by atoms with E-state index in [2.05, 4.69) is 61.4 Å². The maximum absolute atomic E-state index is 10.7. The number of anilines is 1. The van der Waals surface area contributed by atoms with Crippen molar-refractivity contribution in [3.05, 3.63) is 70.9 Å². The molecule has 230 valence electrons. The highest BCUT2D eigenvalue weighted by Crippen LogP contribution is 2.77. The minimum absolute atomic E-state index is 0.147. The Morgan fingerprint density at radius 3 is 2.59 bits per heavy atom. The van der Waals surface area contributed by atoms with Gasteiger partial charge in [-0.2, -0.15) is 0 Å². The molecular weight excluding hydrogens is 542 g/mol. The molecule has 4 bridgehead atoms. The minimum atomic E-state index is -0.389. The highest BCUT2D eigenvalue weighted by molar-refractivity contribution is 5.93. The molecule has 5 heteroatoms. The second-order valence-electron chi connectivity index (χ2n) is 16.9. The van der Waals surface area contributed by atoms with E-state index in [1.54, 1.807) is 11.1 Å². The largest absolute Gasteiger partial charge is 0.396 e. The zero-order chi connectivity index (χ0) is 29.8. The number of nitrogen functional groups attached to an aromatic ring is 1. The van der Waals surface area contributed by atoms with E-state index in [1.165, 1.54) is 60.4 Å². The first-order valence-corrected chi connectivity index (χ1v) is 17.6. The van der Waals surface area contributed by atoms with Crippen LogP contribution in [0.2, 0.25) is 0 Å². The summed E-state index contributed by atoms with van der Waals surface area (Å²) in [5.41, 5.74) is 19.3. The van der Waals surface area contributed by atoms with E-state index in [0.29, 0.717) is 40.8 Å². The molecule has 2 spiro atoms. The van der Waals surface area contributed by atoms with E-state index in [0.717, 1.165) is 19.3 Å². The van der Waals surface area contributed by atoms with Gasteiger partial charge in [-0.05, 0) is 127 Å². The van der Waals surface area contributed by atoms with Crippen LogP contribution in [-0.4, -0.2) is 33.4 Å². The quantitative estimate of drug-likeness (QED) is 0.299. The number of aliphatic hydroxyl groups excluding tert-OH is 1. The van der Waals surface area contributed by atoms with Crippen LogP contribution in [0.1, 0.15) is 112 Å². The number of aromatic nitrogens is 1. The lowest BCUT2D eigenvalue weighted by Gasteiger charge is -2.76. The first kappa shape index (κ1) is 26.7. The molecule has 10 atom stereocenters. The molecule has 4 saturated carbocycles. The number of benzene rings is 2. The average molecular weight is 590 g/mol. The third-order valence-electron chi connectivity index (χ3n) is 14.8. The first-order chi connectivity index (χ1) is 21.2. The standard InChI is InChI=1S/C39H47N3O2/c1-36(2)35-26-12-10-23(19-43)38(35,41)20-39(44-36)28-17-37(14-3-4-15-37)16-27-30(22-9-13-29(40)42-18-22)24-7-5-6-21-8-11-25(34(26)39)33(31(21)24)32(27)28/h5-9,11,13,18,23,26-28,30,32,34-35,43H,3-4,10,12,14-17,19-20,41H2,1-2H3,(H2,40,42). The van der Waals surface area contributed by atoms with Gasteiger partial charge in [-0.15, -0.1) is 0 Å². The number of hydrogen-bond donors (Lipinski definition) is 3. The van der Waals surface area contributed by atoms with Crippen LogP contribution in [0.15, 0.2) is 48.7 Å². The molecule has 10 unspecified atom stereocenters. The SMILES string of the molecule is CC1(C)OC23CC4(N)C(CO)CCC(C14)C2c1ccc2cccc4c2c1C1C(CC2(CCCC2)CC13)C4c1ccc(N)nc1. The molecule has 11 rings (SSSR count). The van der Waals surface area contributed by atoms with Crippen LogP contribution in [0.3, 0.4) is 0 Å². The maximum Gasteiger partial charge on any atom is 0.123 e. The van der Waals surface area contributed by atoms with Crippen LogP contribution >= 0.6 is 0 Å². The lowest BCUT2D eigenvalue weighted by molar-refractivity contribution is -0.340. The number of nitrogens with zero attached hydrogens (tertiary/aromatic N) is 1. The molecule has 5 nitrogen and oxygen atoms in total. The Labute approximate surface area is 261 Å². The van der Waals surface area contributed by atoms with Crippen LogP contribution in [0.4, 0.5) is 5.82 Å². The second kappa shape index (κ2) is 8.46. The zero-order valence-electron chi connectivity index (χ0n) is 26.3. The molecule has 2 aliphatic heterocycles. The topological polar surface area (TPSA) is 94.4 Å². The number of fused-ring (bicyclic) bond motifs is 1. The third kappa shape index (κ3) is 3.06. The summed E-state index contributed by atoms with van der Waals surface area (Å²) < 4.78 is 7.74. The normalized spacial score (nSPS) is 43.3. The molecule has 8 aliphatic rings. The summed E-state index contributed by atoms with van der Waals surface area (Å²) in [5.74, 6) is 3.47. The first-order valence-electron chi connectivity index (χ1n) is 17.6. The maximum atomic E-state index is 10.7. The number of hydrogen-bond acceptors (Lipinski definition) is 5. The fraction of sp³-hybridized carbons (Fsp3) is 0.615. The van der Waals surface area contributed by atoms with Crippen LogP contribution in [0, 0.1) is 35.0 Å². The van der Waals surface area contributed by atoms with Crippen molar-refractivity contribution >= 4 is 16.6 Å². The van der Waals surface area contributed by atoms with E-state index in [-0.39, 0.29) is 41.1 Å². The Balaban J connectivity index is 1.29. The molecule has 2 saturated heterocycles. The van der Waals surface area contributed by atoms with Crippen LogP contribution in [-0.2, 0) is 4.74 Å². The Morgan fingerprint density at radius 2 is 1.82 bits per heavy atom. The molecule has 3 heterocycles. The second-order valence-corrected chi connectivity index (χ2v) is 16.9. The fourth-order valence-corrected chi connectivity index (χ4v) is 14.0. The summed E-state index contributed by atoms with van der Waals surface area (Å²) in [4.78, 5) is 4.65. The van der Waals surface area contributed by atoms with Crippen molar-refractivity contribution in [3.8, 4) is 0 Å². The van der Waals surface area contributed by atoms with Gasteiger partial charge in [0.15, 0.2) is 0 Å². The van der Waals surface area contributed by atoms with Crippen molar-refractivity contribution in [1.82, 2.24) is 4.98 Å². The summed E-state index contributed by atoms with van der Waals surface area (Å²) >= 11 is 0. The van der Waals surface area contributed by atoms with Gasteiger partial charge >= 0.3 is 0 Å². The van der Waals surface area contributed by atoms with Crippen molar-refractivity contribution < 1.29 is 9.84 Å². The predicted octanol–water partition coefficient (Wildman–Crippen LogP) is 7.01. The number of nitrogens with two attached hydrogens (primary N) is 2. The Bertz CT molecular complexity index is 1690. The highest BCUT2D eigenvalue weighted by atomic mass is 16.5. The lowest BCUT2D eigenvalue weighted by Crippen LogP contribution is -2.81. The smallest absolute Gasteiger partial charge is 0.123 e. The number of aliphatic hydroxyl groups is 1. The van der Waals surface area contributed by atoms with Gasteiger partial charge in [-0.25, -0.2) is 4.98 Å². The molecule has 0 radical (unpaired) electrons. The monoisotopic (exact) mass is 589 g/mol. The fourth-order valence-electron chi connectivity index (χ4n) is 14.0. The Hall–Kier alpha value is -2.47. The van der Waals surface area contributed by atoms with E-state index >= 15 is 0 Å². The number of ether oxygens (including phenoxy) is 1. The van der Waals surface area contributed by atoms with Gasteiger partial charge < -0.3 is 21.3 Å². The van der Waals surface area contributed by atoms with E-state index in [1.807, 2.05) is 6.07 Å². The summed E-state index contributed by atoms with van der Waals surface area (Å²) in [6, 6.07) is 16.2. The van der Waals surface area contributed by atoms with Crippen molar-refractivity contribution in [2.75, 3.05) is 12.3 Å². The van der Waals surface area contributed by atoms with Gasteiger partial charge in [-0.3, -0.25) is 0 Å². The Morgan fingerprint density at radius 1 is 0.977 bits per heavy atom. The van der Waals surface area contributed by atoms with Gasteiger partial charge in [0.25, 0.3) is 0 Å². The highest BCUT2D eigenvalue weighted by Gasteiger charge is 2.76. The number of rotatable bonds is 2. The molecule has 0 amide bonds. The van der Waals surface area contributed by atoms with Crippen LogP contribution in [0.25, 0.3) is 10.8 Å². The van der Waals surface area contributed by atoms with Crippen molar-refractivity contribution in [1.29, 1.82) is 0 Å². The van der Waals surface area contributed by atoms with E-state index < -0.39 is 0 Å². The molecular formula is C39H47N3O2. The van der Waals surface area contributed by atoms with Gasteiger partial charge in [0, 0.05) is 42.0 Å². The van der Waals surface area contributed by atoms with Gasteiger partial charge in [0.2, 0.25) is 0 Å². The van der Waals surface area contributed by atoms with Crippen LogP contribution in [0.5, 0.6) is 0 Å². The molecule has 1 aromatic heterocycles. The zero-order valence-corrected chi connectivity index (χ0v) is 26.3. The lowest BCUT2D eigenvalue weighted by atomic mass is 9.35. The average Bonchev–Trinajstić information content (AvgIpc) is 3.44. The van der Waals surface area contributed by atoms with Gasteiger partial charge in [0.1, 0.15) is 5.82 Å². The third-order valence-corrected chi connectivity index (χ3v) is 14.8. The molecule has 3 aromatic rings. The van der Waals surface area contributed by atoms with Gasteiger partial charge in [0.05, 0.1) is 11.2 Å². The van der Waals surface area contributed by atoms with E-state index in [9.17, 15) is 5.11 Å². The van der Waals surface area contributed by atoms with Crippen molar-refractivity contribution in [2.45, 2.75) is 106 Å². The number of pyridine rings is 1. The van der Waals surface area contributed by atoms with Crippen molar-refractivity contribution in [3.63, 3.8) is 0 Å². The van der Waals surface area contributed by atoms with Gasteiger partial charge in [-0.1, -0.05) is 49.2 Å². The summed E-state index contributed by atoms with van der Waals surface area (Å²) in [6.45, 7) is 4.87. The molecule has 6 fully saturated rings. The summed E-state index contributed by atoms with van der Waals surface area (Å²) in [5, 5.41) is 13.6. The molecule has 2 aromatic carbocycles. The minimum Gasteiger partial charge on any atom is -0.396 e. The molecule has 6 aliphatic carbocycles. The summed E-state index contributed by atoms with van der Waals surface area (Å²) in [6.07, 6.45) is 13.0. The van der Waals surface area contributed by atoms with Crippen molar-refractivity contribution in [2.24, 2.45) is 40.7 Å². The molecule has 44 heavy (non-hydrogen) atoms. The Kier molecular flexibility index (Phi) is 5.14.